The van der Waals surface area contributed by atoms with Gasteiger partial charge in [-0.15, -0.1) is 0 Å². The van der Waals surface area contributed by atoms with E-state index in [1.807, 2.05) is 18.2 Å². The SMILES string of the molecule is CCC1(CC)CN(c2cc(OC)ccc2Cl)CCCN1. The minimum Gasteiger partial charge on any atom is -0.497 e. The quantitative estimate of drug-likeness (QED) is 0.917. The van der Waals surface area contributed by atoms with Crippen LogP contribution in [0.5, 0.6) is 5.75 Å². The topological polar surface area (TPSA) is 24.5 Å². The summed E-state index contributed by atoms with van der Waals surface area (Å²) in [6.45, 7) is 7.61. The lowest BCUT2D eigenvalue weighted by atomic mass is 9.92. The highest BCUT2D eigenvalue weighted by atomic mass is 35.5. The molecule has 2 rings (SSSR count). The summed E-state index contributed by atoms with van der Waals surface area (Å²) in [5, 5.41) is 4.53. The molecule has 0 spiro atoms. The number of nitrogens with one attached hydrogen (secondary N) is 1. The van der Waals surface area contributed by atoms with Crippen molar-refractivity contribution >= 4 is 17.3 Å². The van der Waals surface area contributed by atoms with Gasteiger partial charge in [0.2, 0.25) is 0 Å². The molecule has 1 aliphatic rings. The number of anilines is 1. The molecule has 0 aromatic heterocycles. The molecule has 1 fully saturated rings. The Bertz CT molecular complexity index is 446. The molecule has 0 radical (unpaired) electrons. The van der Waals surface area contributed by atoms with Gasteiger partial charge in [0.15, 0.2) is 0 Å². The van der Waals surface area contributed by atoms with Crippen LogP contribution in [0.3, 0.4) is 0 Å². The van der Waals surface area contributed by atoms with Crippen molar-refractivity contribution in [3.05, 3.63) is 23.2 Å². The number of methoxy groups -OCH3 is 1. The van der Waals surface area contributed by atoms with Crippen LogP contribution in [0.4, 0.5) is 5.69 Å². The number of rotatable bonds is 4. The Labute approximate surface area is 127 Å². The highest BCUT2D eigenvalue weighted by Gasteiger charge is 2.31. The van der Waals surface area contributed by atoms with E-state index in [-0.39, 0.29) is 5.54 Å². The zero-order chi connectivity index (χ0) is 14.6. The van der Waals surface area contributed by atoms with Gasteiger partial charge in [-0.1, -0.05) is 25.4 Å². The first-order valence-corrected chi connectivity index (χ1v) is 7.85. The van der Waals surface area contributed by atoms with E-state index in [1.54, 1.807) is 7.11 Å². The van der Waals surface area contributed by atoms with Crippen molar-refractivity contribution in [2.45, 2.75) is 38.6 Å². The molecule has 1 N–H and O–H groups in total. The Kier molecular flexibility index (Phi) is 5.17. The maximum atomic E-state index is 6.40. The third kappa shape index (κ3) is 3.21. The van der Waals surface area contributed by atoms with Crippen molar-refractivity contribution in [2.75, 3.05) is 31.6 Å². The van der Waals surface area contributed by atoms with Gasteiger partial charge in [-0.25, -0.2) is 0 Å². The fourth-order valence-corrected chi connectivity index (χ4v) is 3.15. The van der Waals surface area contributed by atoms with Crippen LogP contribution in [0.15, 0.2) is 18.2 Å². The molecule has 1 heterocycles. The van der Waals surface area contributed by atoms with Gasteiger partial charge in [0.25, 0.3) is 0 Å². The first-order chi connectivity index (χ1) is 9.64. The molecule has 0 saturated carbocycles. The van der Waals surface area contributed by atoms with Crippen molar-refractivity contribution in [2.24, 2.45) is 0 Å². The predicted octanol–water partition coefficient (Wildman–Crippen LogP) is 3.71. The molecule has 0 amide bonds. The Balaban J connectivity index is 2.30. The average molecular weight is 297 g/mol. The fourth-order valence-electron chi connectivity index (χ4n) is 2.91. The lowest BCUT2D eigenvalue weighted by Crippen LogP contribution is -2.50. The summed E-state index contributed by atoms with van der Waals surface area (Å²) in [6, 6.07) is 5.88. The van der Waals surface area contributed by atoms with Gasteiger partial charge in [-0.3, -0.25) is 0 Å². The Morgan fingerprint density at radius 2 is 2.10 bits per heavy atom. The van der Waals surface area contributed by atoms with E-state index >= 15 is 0 Å². The molecular formula is C16H25ClN2O. The van der Waals surface area contributed by atoms with Crippen LogP contribution < -0.4 is 15.0 Å². The van der Waals surface area contributed by atoms with Gasteiger partial charge >= 0.3 is 0 Å². The highest BCUT2D eigenvalue weighted by molar-refractivity contribution is 6.33. The van der Waals surface area contributed by atoms with Gasteiger partial charge in [0.1, 0.15) is 5.75 Å². The zero-order valence-corrected chi connectivity index (χ0v) is 13.5. The smallest absolute Gasteiger partial charge is 0.121 e. The number of nitrogens with zero attached hydrogens (tertiary/aromatic N) is 1. The third-order valence-corrected chi connectivity index (χ3v) is 4.77. The summed E-state index contributed by atoms with van der Waals surface area (Å²) in [6.07, 6.45) is 3.39. The number of benzene rings is 1. The van der Waals surface area contributed by atoms with E-state index < -0.39 is 0 Å². The van der Waals surface area contributed by atoms with E-state index in [0.717, 1.165) is 55.4 Å². The largest absolute Gasteiger partial charge is 0.497 e. The Morgan fingerprint density at radius 1 is 1.35 bits per heavy atom. The van der Waals surface area contributed by atoms with E-state index in [1.165, 1.54) is 0 Å². The number of hydrogen-bond donors (Lipinski definition) is 1. The molecule has 0 aliphatic carbocycles. The zero-order valence-electron chi connectivity index (χ0n) is 12.7. The lowest BCUT2D eigenvalue weighted by Gasteiger charge is -2.36. The monoisotopic (exact) mass is 296 g/mol. The Morgan fingerprint density at radius 3 is 2.75 bits per heavy atom. The minimum atomic E-state index is 0.183. The number of ether oxygens (including phenoxy) is 1. The molecular weight excluding hydrogens is 272 g/mol. The molecule has 1 aliphatic heterocycles. The molecule has 0 unspecified atom stereocenters. The summed E-state index contributed by atoms with van der Waals surface area (Å²) in [7, 11) is 1.69. The van der Waals surface area contributed by atoms with Gasteiger partial charge in [0.05, 0.1) is 17.8 Å². The lowest BCUT2D eigenvalue weighted by molar-refractivity contribution is 0.321. The van der Waals surface area contributed by atoms with Crippen LogP contribution in [-0.4, -0.2) is 32.3 Å². The van der Waals surface area contributed by atoms with Crippen molar-refractivity contribution in [3.63, 3.8) is 0 Å². The summed E-state index contributed by atoms with van der Waals surface area (Å²) in [5.74, 6) is 0.861. The van der Waals surface area contributed by atoms with Crippen LogP contribution >= 0.6 is 11.6 Å². The predicted molar refractivity (Wildman–Crippen MR) is 86.1 cm³/mol. The maximum Gasteiger partial charge on any atom is 0.121 e. The summed E-state index contributed by atoms with van der Waals surface area (Å²) in [4.78, 5) is 2.40. The second-order valence-electron chi connectivity index (χ2n) is 5.51. The first-order valence-electron chi connectivity index (χ1n) is 7.47. The molecule has 112 valence electrons. The third-order valence-electron chi connectivity index (χ3n) is 4.45. The summed E-state index contributed by atoms with van der Waals surface area (Å²) in [5.41, 5.74) is 1.27. The van der Waals surface area contributed by atoms with Crippen molar-refractivity contribution < 1.29 is 4.74 Å². The molecule has 3 nitrogen and oxygen atoms in total. The van der Waals surface area contributed by atoms with E-state index in [0.29, 0.717) is 0 Å². The van der Waals surface area contributed by atoms with Crippen LogP contribution in [0.2, 0.25) is 5.02 Å². The standard InChI is InChI=1S/C16H25ClN2O/c1-4-16(5-2)12-19(10-6-9-18-16)15-11-13(20-3)7-8-14(15)17/h7-8,11,18H,4-6,9-10,12H2,1-3H3. The van der Waals surface area contributed by atoms with Gasteiger partial charge in [-0.2, -0.15) is 0 Å². The molecule has 1 saturated heterocycles. The highest BCUT2D eigenvalue weighted by Crippen LogP contribution is 2.33. The van der Waals surface area contributed by atoms with Gasteiger partial charge in [0, 0.05) is 24.7 Å². The van der Waals surface area contributed by atoms with E-state index in [4.69, 9.17) is 16.3 Å². The summed E-state index contributed by atoms with van der Waals surface area (Å²) >= 11 is 6.40. The van der Waals surface area contributed by atoms with Crippen molar-refractivity contribution in [1.82, 2.24) is 5.32 Å². The number of hydrogen-bond acceptors (Lipinski definition) is 3. The number of halogens is 1. The normalized spacial score (nSPS) is 18.7. The maximum absolute atomic E-state index is 6.40. The van der Waals surface area contributed by atoms with Gasteiger partial charge < -0.3 is 15.0 Å². The van der Waals surface area contributed by atoms with Crippen molar-refractivity contribution in [3.8, 4) is 5.75 Å². The van der Waals surface area contributed by atoms with E-state index in [9.17, 15) is 0 Å². The minimum absolute atomic E-state index is 0.183. The molecule has 1 aromatic rings. The van der Waals surface area contributed by atoms with Crippen molar-refractivity contribution in [1.29, 1.82) is 0 Å². The second kappa shape index (κ2) is 6.68. The second-order valence-corrected chi connectivity index (χ2v) is 5.91. The molecule has 1 aromatic carbocycles. The van der Waals surface area contributed by atoms with E-state index in [2.05, 4.69) is 24.1 Å². The first kappa shape index (κ1) is 15.5. The molecule has 4 heteroatoms. The van der Waals surface area contributed by atoms with Crippen LogP contribution in [-0.2, 0) is 0 Å². The van der Waals surface area contributed by atoms with Crippen LogP contribution in [0, 0.1) is 0 Å². The molecule has 0 bridgehead atoms. The fraction of sp³-hybridized carbons (Fsp3) is 0.625. The average Bonchev–Trinajstić information content (AvgIpc) is 2.71. The molecule has 0 atom stereocenters. The van der Waals surface area contributed by atoms with Crippen LogP contribution in [0.1, 0.15) is 33.1 Å². The van der Waals surface area contributed by atoms with Gasteiger partial charge in [-0.05, 0) is 37.9 Å². The Hall–Kier alpha value is -0.930. The summed E-state index contributed by atoms with van der Waals surface area (Å²) < 4.78 is 5.34. The van der Waals surface area contributed by atoms with Crippen LogP contribution in [0.25, 0.3) is 0 Å². The molecule has 20 heavy (non-hydrogen) atoms.